The van der Waals surface area contributed by atoms with E-state index in [-0.39, 0.29) is 17.9 Å². The summed E-state index contributed by atoms with van der Waals surface area (Å²) in [5.74, 6) is 0.806. The van der Waals surface area contributed by atoms with Gasteiger partial charge in [0, 0.05) is 19.6 Å². The Morgan fingerprint density at radius 1 is 1.44 bits per heavy atom. The van der Waals surface area contributed by atoms with Crippen molar-refractivity contribution in [3.8, 4) is 0 Å². The van der Waals surface area contributed by atoms with E-state index in [0.717, 1.165) is 32.2 Å². The molecule has 1 rings (SSSR count). The van der Waals surface area contributed by atoms with Crippen LogP contribution in [0.4, 0.5) is 0 Å². The van der Waals surface area contributed by atoms with E-state index in [1.165, 1.54) is 6.42 Å². The van der Waals surface area contributed by atoms with Crippen LogP contribution in [0.15, 0.2) is 0 Å². The summed E-state index contributed by atoms with van der Waals surface area (Å²) < 4.78 is 0. The minimum absolute atomic E-state index is 0.0605. The first-order chi connectivity index (χ1) is 7.57. The maximum atomic E-state index is 12.2. The average molecular weight is 226 g/mol. The molecule has 94 valence electrons. The lowest BCUT2D eigenvalue weighted by Crippen LogP contribution is -2.48. The first kappa shape index (κ1) is 13.5. The number of hydrogen-bond acceptors (Lipinski definition) is 2. The zero-order chi connectivity index (χ0) is 12.1. The molecule has 0 aromatic heterocycles. The third kappa shape index (κ3) is 3.21. The molecule has 0 saturated heterocycles. The Balaban J connectivity index is 2.51. The first-order valence-corrected chi connectivity index (χ1v) is 6.58. The molecule has 3 atom stereocenters. The molecular formula is C13H26N2O. The summed E-state index contributed by atoms with van der Waals surface area (Å²) in [6.07, 6.45) is 5.50. The number of nitrogens with zero attached hydrogens (tertiary/aromatic N) is 1. The molecule has 16 heavy (non-hydrogen) atoms. The Morgan fingerprint density at radius 2 is 2.12 bits per heavy atom. The van der Waals surface area contributed by atoms with Crippen LogP contribution in [0.3, 0.4) is 0 Å². The fourth-order valence-corrected chi connectivity index (χ4v) is 2.52. The lowest BCUT2D eigenvalue weighted by Gasteiger charge is -2.35. The maximum absolute atomic E-state index is 12.2. The molecule has 2 N–H and O–H groups in total. The fraction of sp³-hybridized carbons (Fsp3) is 0.923. The highest BCUT2D eigenvalue weighted by atomic mass is 16.2. The average Bonchev–Trinajstić information content (AvgIpc) is 2.28. The summed E-state index contributed by atoms with van der Waals surface area (Å²) in [5.41, 5.74) is 6.14. The van der Waals surface area contributed by atoms with Gasteiger partial charge < -0.3 is 10.6 Å². The summed E-state index contributed by atoms with van der Waals surface area (Å²) in [4.78, 5) is 14.1. The maximum Gasteiger partial charge on any atom is 0.226 e. The van der Waals surface area contributed by atoms with Crippen molar-refractivity contribution in [3.63, 3.8) is 0 Å². The molecule has 0 aliphatic heterocycles. The van der Waals surface area contributed by atoms with Crippen molar-refractivity contribution in [1.82, 2.24) is 4.90 Å². The van der Waals surface area contributed by atoms with Crippen LogP contribution in [0.5, 0.6) is 0 Å². The second-order valence-corrected chi connectivity index (χ2v) is 5.21. The van der Waals surface area contributed by atoms with Crippen LogP contribution in [0.25, 0.3) is 0 Å². The molecule has 3 unspecified atom stereocenters. The van der Waals surface area contributed by atoms with Gasteiger partial charge in [-0.25, -0.2) is 0 Å². The van der Waals surface area contributed by atoms with Crippen LogP contribution in [-0.4, -0.2) is 30.4 Å². The molecule has 0 bridgehead atoms. The largest absolute Gasteiger partial charge is 0.345 e. The number of nitrogens with two attached hydrogens (primary N) is 1. The van der Waals surface area contributed by atoms with Crippen molar-refractivity contribution in [2.24, 2.45) is 17.6 Å². The highest BCUT2D eigenvalue weighted by Crippen LogP contribution is 2.28. The molecule has 1 aliphatic rings. The molecule has 0 radical (unpaired) electrons. The van der Waals surface area contributed by atoms with E-state index in [4.69, 9.17) is 5.73 Å². The smallest absolute Gasteiger partial charge is 0.226 e. The zero-order valence-corrected chi connectivity index (χ0v) is 10.9. The van der Waals surface area contributed by atoms with Gasteiger partial charge in [-0.1, -0.05) is 26.7 Å². The van der Waals surface area contributed by atoms with Crippen molar-refractivity contribution < 1.29 is 4.79 Å². The van der Waals surface area contributed by atoms with E-state index in [1.807, 2.05) is 11.9 Å². The number of rotatable bonds is 4. The van der Waals surface area contributed by atoms with Gasteiger partial charge in [-0.05, 0) is 25.2 Å². The highest BCUT2D eigenvalue weighted by molar-refractivity contribution is 5.79. The van der Waals surface area contributed by atoms with Crippen molar-refractivity contribution in [2.45, 2.75) is 52.0 Å². The van der Waals surface area contributed by atoms with E-state index in [0.29, 0.717) is 5.92 Å². The molecule has 0 aromatic carbocycles. The SMILES string of the molecule is CCCCN(C)C(=O)C1CCCC(C)C1N. The van der Waals surface area contributed by atoms with Crippen LogP contribution in [0, 0.1) is 11.8 Å². The quantitative estimate of drug-likeness (QED) is 0.797. The van der Waals surface area contributed by atoms with E-state index in [1.54, 1.807) is 0 Å². The Kier molecular flexibility index (Phi) is 5.26. The monoisotopic (exact) mass is 226 g/mol. The first-order valence-electron chi connectivity index (χ1n) is 6.58. The third-order valence-corrected chi connectivity index (χ3v) is 3.84. The number of carbonyl (C=O) groups excluding carboxylic acids is 1. The summed E-state index contributed by atoms with van der Waals surface area (Å²) in [5, 5.41) is 0. The van der Waals surface area contributed by atoms with Crippen molar-refractivity contribution >= 4 is 5.91 Å². The van der Waals surface area contributed by atoms with Gasteiger partial charge in [0.15, 0.2) is 0 Å². The Labute approximate surface area is 99.4 Å². The van der Waals surface area contributed by atoms with Crippen LogP contribution in [0.1, 0.15) is 46.0 Å². The predicted molar refractivity (Wildman–Crippen MR) is 67.0 cm³/mol. The number of carbonyl (C=O) groups is 1. The summed E-state index contributed by atoms with van der Waals surface area (Å²) >= 11 is 0. The van der Waals surface area contributed by atoms with Gasteiger partial charge in [0.05, 0.1) is 5.92 Å². The summed E-state index contributed by atoms with van der Waals surface area (Å²) in [7, 11) is 1.91. The highest BCUT2D eigenvalue weighted by Gasteiger charge is 2.33. The number of amides is 1. The standard InChI is InChI=1S/C13H26N2O/c1-4-5-9-15(3)13(16)11-8-6-7-10(2)12(11)14/h10-12H,4-9,14H2,1-3H3. The molecule has 3 nitrogen and oxygen atoms in total. The molecule has 0 spiro atoms. The topological polar surface area (TPSA) is 46.3 Å². The Morgan fingerprint density at radius 3 is 2.75 bits per heavy atom. The zero-order valence-electron chi connectivity index (χ0n) is 10.9. The van der Waals surface area contributed by atoms with Crippen LogP contribution in [-0.2, 0) is 4.79 Å². The summed E-state index contributed by atoms with van der Waals surface area (Å²) in [6, 6.07) is 0.0605. The van der Waals surface area contributed by atoms with Crippen LogP contribution in [0.2, 0.25) is 0 Å². The predicted octanol–water partition coefficient (Wildman–Crippen LogP) is 2.01. The second-order valence-electron chi connectivity index (χ2n) is 5.21. The molecule has 0 aromatic rings. The van der Waals surface area contributed by atoms with Gasteiger partial charge in [0.2, 0.25) is 5.91 Å². The lowest BCUT2D eigenvalue weighted by atomic mass is 9.77. The van der Waals surface area contributed by atoms with Gasteiger partial charge in [-0.3, -0.25) is 4.79 Å². The molecule has 1 amide bonds. The summed E-state index contributed by atoms with van der Waals surface area (Å²) in [6.45, 7) is 5.18. The molecule has 1 aliphatic carbocycles. The Bertz CT molecular complexity index is 230. The van der Waals surface area contributed by atoms with Gasteiger partial charge in [-0.2, -0.15) is 0 Å². The molecule has 3 heteroatoms. The van der Waals surface area contributed by atoms with E-state index < -0.39 is 0 Å². The van der Waals surface area contributed by atoms with E-state index in [2.05, 4.69) is 13.8 Å². The van der Waals surface area contributed by atoms with Crippen molar-refractivity contribution in [1.29, 1.82) is 0 Å². The fourth-order valence-electron chi connectivity index (χ4n) is 2.52. The molecular weight excluding hydrogens is 200 g/mol. The Hall–Kier alpha value is -0.570. The van der Waals surface area contributed by atoms with Gasteiger partial charge in [0.1, 0.15) is 0 Å². The number of hydrogen-bond donors (Lipinski definition) is 1. The molecule has 1 fully saturated rings. The molecule has 1 saturated carbocycles. The lowest BCUT2D eigenvalue weighted by molar-refractivity contribution is -0.136. The molecule has 0 heterocycles. The third-order valence-electron chi connectivity index (χ3n) is 3.84. The van der Waals surface area contributed by atoms with Gasteiger partial charge in [-0.15, -0.1) is 0 Å². The van der Waals surface area contributed by atoms with Crippen molar-refractivity contribution in [2.75, 3.05) is 13.6 Å². The van der Waals surface area contributed by atoms with E-state index in [9.17, 15) is 4.79 Å². The second kappa shape index (κ2) is 6.24. The van der Waals surface area contributed by atoms with Crippen molar-refractivity contribution in [3.05, 3.63) is 0 Å². The van der Waals surface area contributed by atoms with Crippen LogP contribution >= 0.6 is 0 Å². The van der Waals surface area contributed by atoms with Gasteiger partial charge in [0.25, 0.3) is 0 Å². The number of unbranched alkanes of at least 4 members (excludes halogenated alkanes) is 1. The van der Waals surface area contributed by atoms with E-state index >= 15 is 0 Å². The van der Waals surface area contributed by atoms with Gasteiger partial charge >= 0.3 is 0 Å². The minimum Gasteiger partial charge on any atom is -0.345 e. The van der Waals surface area contributed by atoms with Crippen LogP contribution < -0.4 is 5.73 Å². The minimum atomic E-state index is 0.0605. The normalized spacial score (nSPS) is 30.1.